The van der Waals surface area contributed by atoms with Gasteiger partial charge in [0.25, 0.3) is 0 Å². The molecule has 0 spiro atoms. The van der Waals surface area contributed by atoms with Crippen molar-refractivity contribution in [3.63, 3.8) is 0 Å². The zero-order chi connectivity index (χ0) is 7.40. The Balaban J connectivity index is 2.37. The lowest BCUT2D eigenvalue weighted by atomic mass is 10.3. The number of rotatable bonds is 3. The van der Waals surface area contributed by atoms with Crippen molar-refractivity contribution in [2.75, 3.05) is 6.61 Å². The number of hydrogen-bond acceptors (Lipinski definition) is 3. The van der Waals surface area contributed by atoms with E-state index in [1.807, 2.05) is 0 Å². The van der Waals surface area contributed by atoms with Gasteiger partial charge >= 0.3 is 6.03 Å². The zero-order valence-corrected chi connectivity index (χ0v) is 5.32. The summed E-state index contributed by atoms with van der Waals surface area (Å²) >= 11 is 0. The maximum Gasteiger partial charge on any atom is 0.387 e. The summed E-state index contributed by atoms with van der Waals surface area (Å²) in [4.78, 5) is 13.8. The molecule has 1 N–H and O–H groups in total. The standard InChI is InChI=1S/C5H7N3O2/c9-3-1-2-4-6-5(10)8-7-4/h9H,1-3H2. The highest BCUT2D eigenvalue weighted by molar-refractivity contribution is 5.98. The van der Waals surface area contributed by atoms with E-state index in [4.69, 9.17) is 5.11 Å². The molecule has 0 radical (unpaired) electrons. The minimum atomic E-state index is -0.548. The van der Waals surface area contributed by atoms with Crippen molar-refractivity contribution in [3.8, 4) is 0 Å². The van der Waals surface area contributed by atoms with Crippen molar-refractivity contribution in [1.29, 1.82) is 0 Å². The molecule has 0 aromatic heterocycles. The predicted molar refractivity (Wildman–Crippen MR) is 34.0 cm³/mol. The molecule has 10 heavy (non-hydrogen) atoms. The van der Waals surface area contributed by atoms with Gasteiger partial charge in [-0.25, -0.2) is 4.79 Å². The van der Waals surface area contributed by atoms with Crippen LogP contribution in [0.1, 0.15) is 12.8 Å². The van der Waals surface area contributed by atoms with E-state index in [1.54, 1.807) is 0 Å². The van der Waals surface area contributed by atoms with Crippen LogP contribution in [0, 0.1) is 0 Å². The van der Waals surface area contributed by atoms with Crippen molar-refractivity contribution in [2.24, 2.45) is 15.2 Å². The summed E-state index contributed by atoms with van der Waals surface area (Å²) in [6.07, 6.45) is 1.09. The fourth-order valence-corrected chi connectivity index (χ4v) is 0.599. The third-order valence-electron chi connectivity index (χ3n) is 1.03. The smallest absolute Gasteiger partial charge is 0.387 e. The monoisotopic (exact) mass is 141 g/mol. The molecule has 0 saturated heterocycles. The molecular weight excluding hydrogens is 134 g/mol. The number of azo groups is 1. The number of hydrogen-bond donors (Lipinski definition) is 1. The highest BCUT2D eigenvalue weighted by Crippen LogP contribution is 2.03. The Morgan fingerprint density at radius 1 is 1.40 bits per heavy atom. The molecule has 0 aromatic rings. The number of urea groups is 1. The first-order valence-corrected chi connectivity index (χ1v) is 2.97. The normalized spacial score (nSPS) is 16.1. The van der Waals surface area contributed by atoms with E-state index in [-0.39, 0.29) is 6.61 Å². The molecule has 1 rings (SSSR count). The molecule has 5 nitrogen and oxygen atoms in total. The SMILES string of the molecule is O=C1N=NC(CCCO)=N1. The molecule has 2 amide bonds. The zero-order valence-electron chi connectivity index (χ0n) is 5.32. The van der Waals surface area contributed by atoms with Crippen LogP contribution >= 0.6 is 0 Å². The Morgan fingerprint density at radius 2 is 2.20 bits per heavy atom. The van der Waals surface area contributed by atoms with Gasteiger partial charge in [-0.05, 0) is 6.42 Å². The first-order chi connectivity index (χ1) is 4.83. The molecule has 1 heterocycles. The van der Waals surface area contributed by atoms with Crippen LogP contribution in [0.5, 0.6) is 0 Å². The highest BCUT2D eigenvalue weighted by atomic mass is 16.3. The van der Waals surface area contributed by atoms with Gasteiger partial charge in [0.05, 0.1) is 0 Å². The average molecular weight is 141 g/mol. The number of carbonyl (C=O) groups is 1. The molecule has 0 aliphatic carbocycles. The van der Waals surface area contributed by atoms with Gasteiger partial charge in [-0.3, -0.25) is 0 Å². The Bertz CT molecular complexity index is 197. The van der Waals surface area contributed by atoms with Gasteiger partial charge in [0.15, 0.2) is 5.84 Å². The van der Waals surface area contributed by atoms with Gasteiger partial charge in [-0.2, -0.15) is 4.99 Å². The second kappa shape index (κ2) is 3.17. The Kier molecular flexibility index (Phi) is 2.22. The molecule has 0 fully saturated rings. The largest absolute Gasteiger partial charge is 0.396 e. The van der Waals surface area contributed by atoms with Crippen LogP contribution < -0.4 is 0 Å². The minimum absolute atomic E-state index is 0.0860. The van der Waals surface area contributed by atoms with Crippen LogP contribution in [0.2, 0.25) is 0 Å². The number of nitrogens with zero attached hydrogens (tertiary/aromatic N) is 3. The maximum atomic E-state index is 10.3. The third kappa shape index (κ3) is 1.70. The van der Waals surface area contributed by atoms with Crippen molar-refractivity contribution in [1.82, 2.24) is 0 Å². The Labute approximate surface area is 57.5 Å². The van der Waals surface area contributed by atoms with E-state index in [0.29, 0.717) is 18.7 Å². The highest BCUT2D eigenvalue weighted by Gasteiger charge is 2.08. The summed E-state index contributed by atoms with van der Waals surface area (Å²) in [5, 5.41) is 15.0. The van der Waals surface area contributed by atoms with Crippen LogP contribution in [0.4, 0.5) is 4.79 Å². The van der Waals surface area contributed by atoms with Crippen LogP contribution in [0.3, 0.4) is 0 Å². The molecule has 5 heteroatoms. The average Bonchev–Trinajstić information content (AvgIpc) is 2.31. The lowest BCUT2D eigenvalue weighted by Crippen LogP contribution is -1.93. The molecular formula is C5H7N3O2. The summed E-state index contributed by atoms with van der Waals surface area (Å²) in [6.45, 7) is 0.0860. The summed E-state index contributed by atoms with van der Waals surface area (Å²) in [6, 6.07) is -0.548. The molecule has 54 valence electrons. The summed E-state index contributed by atoms with van der Waals surface area (Å²) in [7, 11) is 0. The van der Waals surface area contributed by atoms with E-state index >= 15 is 0 Å². The molecule has 0 bridgehead atoms. The topological polar surface area (TPSA) is 74.4 Å². The van der Waals surface area contributed by atoms with Gasteiger partial charge in [0, 0.05) is 13.0 Å². The van der Waals surface area contributed by atoms with Crippen LogP contribution in [0.15, 0.2) is 15.2 Å². The van der Waals surface area contributed by atoms with E-state index in [1.165, 1.54) is 0 Å². The number of aliphatic imine (C=N–C) groups is 1. The Morgan fingerprint density at radius 3 is 2.70 bits per heavy atom. The maximum absolute atomic E-state index is 10.3. The number of aliphatic hydroxyl groups is 1. The molecule has 1 aliphatic rings. The van der Waals surface area contributed by atoms with Gasteiger partial charge in [0.2, 0.25) is 0 Å². The van der Waals surface area contributed by atoms with E-state index in [9.17, 15) is 4.79 Å². The quantitative estimate of drug-likeness (QED) is 0.629. The first kappa shape index (κ1) is 7.01. The minimum Gasteiger partial charge on any atom is -0.396 e. The van der Waals surface area contributed by atoms with Crippen LogP contribution in [-0.4, -0.2) is 23.6 Å². The van der Waals surface area contributed by atoms with E-state index < -0.39 is 6.03 Å². The van der Waals surface area contributed by atoms with Gasteiger partial charge in [-0.15, -0.1) is 5.11 Å². The molecule has 1 aliphatic heterocycles. The number of amides is 2. The van der Waals surface area contributed by atoms with E-state index in [2.05, 4.69) is 15.2 Å². The first-order valence-electron chi connectivity index (χ1n) is 2.97. The Hall–Kier alpha value is -1.10. The number of carbonyl (C=O) groups excluding carboxylic acids is 1. The van der Waals surface area contributed by atoms with Crippen LogP contribution in [-0.2, 0) is 0 Å². The number of aliphatic hydroxyl groups excluding tert-OH is 1. The fourth-order valence-electron chi connectivity index (χ4n) is 0.599. The second-order valence-corrected chi connectivity index (χ2v) is 1.84. The van der Waals surface area contributed by atoms with E-state index in [0.717, 1.165) is 0 Å². The van der Waals surface area contributed by atoms with Gasteiger partial charge in [0.1, 0.15) is 0 Å². The van der Waals surface area contributed by atoms with Gasteiger partial charge < -0.3 is 5.11 Å². The molecule has 0 unspecified atom stereocenters. The molecule has 0 aromatic carbocycles. The lowest BCUT2D eigenvalue weighted by molar-refractivity contribution is 0.257. The van der Waals surface area contributed by atoms with Crippen molar-refractivity contribution < 1.29 is 9.90 Å². The number of amidine groups is 1. The van der Waals surface area contributed by atoms with Crippen LogP contribution in [0.25, 0.3) is 0 Å². The summed E-state index contributed by atoms with van der Waals surface area (Å²) < 4.78 is 0. The van der Waals surface area contributed by atoms with Gasteiger partial charge in [-0.1, -0.05) is 5.11 Å². The van der Waals surface area contributed by atoms with Crippen molar-refractivity contribution in [2.45, 2.75) is 12.8 Å². The molecule has 0 saturated carbocycles. The third-order valence-corrected chi connectivity index (χ3v) is 1.03. The molecule has 0 atom stereocenters. The van der Waals surface area contributed by atoms with Crippen molar-refractivity contribution in [3.05, 3.63) is 0 Å². The predicted octanol–water partition coefficient (Wildman–Crippen LogP) is 0.743. The second-order valence-electron chi connectivity index (χ2n) is 1.84. The summed E-state index contributed by atoms with van der Waals surface area (Å²) in [5.41, 5.74) is 0. The summed E-state index contributed by atoms with van der Waals surface area (Å²) in [5.74, 6) is 0.416. The van der Waals surface area contributed by atoms with Crippen molar-refractivity contribution >= 4 is 11.9 Å². The fraction of sp³-hybridized carbons (Fsp3) is 0.600. The lowest BCUT2D eigenvalue weighted by Gasteiger charge is -1.88.